The maximum atomic E-state index is 12.3. The molecule has 1 aliphatic rings. The molecule has 0 radical (unpaired) electrons. The molecule has 2 rings (SSSR count). The number of likely N-dealkylation sites (N-methyl/N-ethyl adjacent to an activating group) is 1. The summed E-state index contributed by atoms with van der Waals surface area (Å²) in [6, 6.07) is 8.97. The maximum Gasteiger partial charge on any atom is 0.251 e. The normalized spacial score (nSPS) is 20.8. The second-order valence-electron chi connectivity index (χ2n) is 5.38. The number of carbonyl (C=O) groups excluding carboxylic acids is 2. The molecule has 2 amide bonds. The third-order valence-corrected chi connectivity index (χ3v) is 3.70. The average Bonchev–Trinajstić information content (AvgIpc) is 2.71. The fourth-order valence-corrected chi connectivity index (χ4v) is 2.14. The number of anilines is 1. The van der Waals surface area contributed by atoms with Crippen LogP contribution in [0.1, 0.15) is 13.3 Å². The van der Waals surface area contributed by atoms with Gasteiger partial charge in [-0.1, -0.05) is 18.2 Å². The maximum absolute atomic E-state index is 12.3. The van der Waals surface area contributed by atoms with Gasteiger partial charge in [0.25, 0.3) is 5.91 Å². The Morgan fingerprint density at radius 1 is 1.30 bits per heavy atom. The number of carbonyl (C=O) groups is 2. The van der Waals surface area contributed by atoms with E-state index >= 15 is 0 Å². The lowest BCUT2D eigenvalue weighted by Gasteiger charge is -2.22. The summed E-state index contributed by atoms with van der Waals surface area (Å²) < 4.78 is 0. The van der Waals surface area contributed by atoms with Crippen LogP contribution < -0.4 is 10.2 Å². The third-order valence-electron chi connectivity index (χ3n) is 3.70. The predicted molar refractivity (Wildman–Crippen MR) is 78.5 cm³/mol. The Morgan fingerprint density at radius 2 is 1.95 bits per heavy atom. The van der Waals surface area contributed by atoms with Crippen LogP contribution in [0.15, 0.2) is 30.3 Å². The van der Waals surface area contributed by atoms with E-state index in [4.69, 9.17) is 0 Å². The largest absolute Gasteiger partial charge is 0.305 e. The highest BCUT2D eigenvalue weighted by atomic mass is 16.2. The van der Waals surface area contributed by atoms with E-state index in [2.05, 4.69) is 17.1 Å². The molecule has 1 N–H and O–H groups in total. The Morgan fingerprint density at radius 3 is 2.55 bits per heavy atom. The summed E-state index contributed by atoms with van der Waals surface area (Å²) in [5.41, 5.74) is 0.646. The number of rotatable bonds is 5. The van der Waals surface area contributed by atoms with Gasteiger partial charge in [0.05, 0.1) is 18.2 Å². The van der Waals surface area contributed by atoms with Crippen molar-refractivity contribution in [3.8, 4) is 0 Å². The van der Waals surface area contributed by atoms with Gasteiger partial charge in [0, 0.05) is 12.6 Å². The topological polar surface area (TPSA) is 52.7 Å². The summed E-state index contributed by atoms with van der Waals surface area (Å²) in [5.74, 6) is -0.302. The van der Waals surface area contributed by atoms with Crippen molar-refractivity contribution < 1.29 is 9.59 Å². The van der Waals surface area contributed by atoms with Crippen molar-refractivity contribution in [1.29, 1.82) is 0 Å². The monoisotopic (exact) mass is 275 g/mol. The standard InChI is InChI=1S/C15H21N3O2/c1-11(17(2)3)10-16-13-9-14(19)18(15(13)20)12-7-5-4-6-8-12/h4-8,11,13,16H,9-10H2,1-3H3. The summed E-state index contributed by atoms with van der Waals surface area (Å²) in [6.45, 7) is 2.75. The second-order valence-corrected chi connectivity index (χ2v) is 5.38. The number of nitrogens with one attached hydrogen (secondary N) is 1. The lowest BCUT2D eigenvalue weighted by Crippen LogP contribution is -2.44. The molecule has 108 valence electrons. The molecule has 1 heterocycles. The molecule has 0 bridgehead atoms. The molecule has 1 aliphatic heterocycles. The number of hydrogen-bond acceptors (Lipinski definition) is 4. The molecule has 0 spiro atoms. The molecule has 1 fully saturated rings. The molecule has 1 saturated heterocycles. The van der Waals surface area contributed by atoms with Crippen LogP contribution in [-0.4, -0.2) is 49.4 Å². The summed E-state index contributed by atoms with van der Waals surface area (Å²) in [6.07, 6.45) is 0.230. The predicted octanol–water partition coefficient (Wildman–Crippen LogP) is 0.858. The molecule has 2 atom stereocenters. The van der Waals surface area contributed by atoms with Crippen LogP contribution in [0.2, 0.25) is 0 Å². The fraction of sp³-hybridized carbons (Fsp3) is 0.467. The van der Waals surface area contributed by atoms with Gasteiger partial charge < -0.3 is 10.2 Å². The number of hydrogen-bond donors (Lipinski definition) is 1. The quantitative estimate of drug-likeness (QED) is 0.810. The molecule has 2 unspecified atom stereocenters. The number of benzene rings is 1. The van der Waals surface area contributed by atoms with E-state index in [9.17, 15) is 9.59 Å². The zero-order chi connectivity index (χ0) is 14.7. The van der Waals surface area contributed by atoms with Gasteiger partial charge in [-0.2, -0.15) is 0 Å². The van der Waals surface area contributed by atoms with E-state index in [1.165, 1.54) is 4.90 Å². The van der Waals surface area contributed by atoms with Crippen LogP contribution in [0.3, 0.4) is 0 Å². The molecule has 0 aliphatic carbocycles. The highest BCUT2D eigenvalue weighted by molar-refractivity contribution is 6.22. The van der Waals surface area contributed by atoms with Crippen LogP contribution in [0.5, 0.6) is 0 Å². The third kappa shape index (κ3) is 3.05. The molecule has 5 nitrogen and oxygen atoms in total. The van der Waals surface area contributed by atoms with E-state index in [1.54, 1.807) is 12.1 Å². The first kappa shape index (κ1) is 14.7. The van der Waals surface area contributed by atoms with Gasteiger partial charge in [0.2, 0.25) is 5.91 Å². The Hall–Kier alpha value is -1.72. The number of imide groups is 1. The highest BCUT2D eigenvalue weighted by Gasteiger charge is 2.39. The molecular weight excluding hydrogens is 254 g/mol. The first-order chi connectivity index (χ1) is 9.50. The summed E-state index contributed by atoms with van der Waals surface area (Å²) in [4.78, 5) is 27.7. The minimum atomic E-state index is -0.412. The molecule has 20 heavy (non-hydrogen) atoms. The molecular formula is C15H21N3O2. The van der Waals surface area contributed by atoms with Crippen molar-refractivity contribution in [2.45, 2.75) is 25.4 Å². The lowest BCUT2D eigenvalue weighted by molar-refractivity contribution is -0.121. The van der Waals surface area contributed by atoms with Gasteiger partial charge in [-0.05, 0) is 33.2 Å². The second kappa shape index (κ2) is 6.15. The van der Waals surface area contributed by atoms with Crippen molar-refractivity contribution in [3.63, 3.8) is 0 Å². The molecule has 1 aromatic rings. The summed E-state index contributed by atoms with van der Waals surface area (Å²) >= 11 is 0. The van der Waals surface area contributed by atoms with E-state index in [1.807, 2.05) is 32.3 Å². The van der Waals surface area contributed by atoms with Crippen LogP contribution >= 0.6 is 0 Å². The molecule has 1 aromatic carbocycles. The van der Waals surface area contributed by atoms with Crippen LogP contribution in [0.25, 0.3) is 0 Å². The van der Waals surface area contributed by atoms with Crippen molar-refractivity contribution in [1.82, 2.24) is 10.2 Å². The van der Waals surface area contributed by atoms with E-state index < -0.39 is 6.04 Å². The van der Waals surface area contributed by atoms with E-state index in [0.717, 1.165) is 0 Å². The summed E-state index contributed by atoms with van der Waals surface area (Å²) in [7, 11) is 3.98. The molecule has 0 aromatic heterocycles. The van der Waals surface area contributed by atoms with Gasteiger partial charge in [0.15, 0.2) is 0 Å². The lowest BCUT2D eigenvalue weighted by atomic mass is 10.2. The van der Waals surface area contributed by atoms with Crippen LogP contribution in [0.4, 0.5) is 5.69 Å². The van der Waals surface area contributed by atoms with Crippen molar-refractivity contribution >= 4 is 17.5 Å². The Kier molecular flexibility index (Phi) is 4.52. The van der Waals surface area contributed by atoms with Gasteiger partial charge in [-0.3, -0.25) is 9.59 Å². The van der Waals surface area contributed by atoms with Gasteiger partial charge in [-0.15, -0.1) is 0 Å². The van der Waals surface area contributed by atoms with Gasteiger partial charge in [-0.25, -0.2) is 4.90 Å². The fourth-order valence-electron chi connectivity index (χ4n) is 2.14. The Labute approximate surface area is 119 Å². The minimum Gasteiger partial charge on any atom is -0.305 e. The van der Waals surface area contributed by atoms with Crippen molar-refractivity contribution in [2.75, 3.05) is 25.5 Å². The summed E-state index contributed by atoms with van der Waals surface area (Å²) in [5, 5.41) is 3.19. The smallest absolute Gasteiger partial charge is 0.251 e. The minimum absolute atomic E-state index is 0.142. The number of nitrogens with zero attached hydrogens (tertiary/aromatic N) is 2. The van der Waals surface area contributed by atoms with E-state index in [-0.39, 0.29) is 18.2 Å². The van der Waals surface area contributed by atoms with Crippen LogP contribution in [-0.2, 0) is 9.59 Å². The van der Waals surface area contributed by atoms with Gasteiger partial charge in [0.1, 0.15) is 0 Å². The number of amides is 2. The van der Waals surface area contributed by atoms with Crippen molar-refractivity contribution in [2.24, 2.45) is 0 Å². The SMILES string of the molecule is CC(CNC1CC(=O)N(c2ccccc2)C1=O)N(C)C. The van der Waals surface area contributed by atoms with Crippen LogP contribution in [0, 0.1) is 0 Å². The Bertz CT molecular complexity index is 487. The zero-order valence-corrected chi connectivity index (χ0v) is 12.2. The zero-order valence-electron chi connectivity index (χ0n) is 12.2. The van der Waals surface area contributed by atoms with Crippen molar-refractivity contribution in [3.05, 3.63) is 30.3 Å². The average molecular weight is 275 g/mol. The van der Waals surface area contributed by atoms with Gasteiger partial charge >= 0.3 is 0 Å². The van der Waals surface area contributed by atoms with E-state index in [0.29, 0.717) is 18.3 Å². The molecule has 0 saturated carbocycles. The number of para-hydroxylation sites is 1. The first-order valence-electron chi connectivity index (χ1n) is 6.82. The Balaban J connectivity index is 2.02. The molecule has 5 heteroatoms. The highest BCUT2D eigenvalue weighted by Crippen LogP contribution is 2.22. The first-order valence-corrected chi connectivity index (χ1v) is 6.82.